The fourth-order valence-electron chi connectivity index (χ4n) is 2.87. The predicted molar refractivity (Wildman–Crippen MR) is 131 cm³/mol. The maximum Gasteiger partial charge on any atom is 0.350 e. The molecule has 0 saturated carbocycles. The van der Waals surface area contributed by atoms with Crippen LogP contribution < -0.4 is 10.2 Å². The third kappa shape index (κ3) is 8.96. The van der Waals surface area contributed by atoms with Crippen molar-refractivity contribution >= 4 is 12.2 Å². The molecule has 2 rings (SSSR count). The van der Waals surface area contributed by atoms with Crippen molar-refractivity contribution < 1.29 is 14.3 Å². The Kier molecular flexibility index (Phi) is 8.64. The van der Waals surface area contributed by atoms with Gasteiger partial charge < -0.3 is 9.47 Å². The van der Waals surface area contributed by atoms with Crippen LogP contribution in [0.15, 0.2) is 65.9 Å². The molecule has 0 aliphatic heterocycles. The number of carbonyl (C=O) groups excluding carboxylic acids is 1. The number of rotatable bonds is 10. The summed E-state index contributed by atoms with van der Waals surface area (Å²) >= 11 is 0. The number of hydrogen-bond donors (Lipinski definition) is 1. The normalized spacial score (nSPS) is 11.9. The number of hydrazone groups is 1. The van der Waals surface area contributed by atoms with E-state index < -0.39 is 11.2 Å². The Morgan fingerprint density at radius 1 is 1.03 bits per heavy atom. The molecule has 0 spiro atoms. The van der Waals surface area contributed by atoms with Crippen LogP contribution >= 0.6 is 0 Å². The molecule has 0 atom stereocenters. The number of nitrogens with one attached hydrogen (secondary N) is 1. The van der Waals surface area contributed by atoms with Crippen molar-refractivity contribution in [2.45, 2.75) is 72.0 Å². The highest BCUT2D eigenvalue weighted by Crippen LogP contribution is 2.23. The van der Waals surface area contributed by atoms with Gasteiger partial charge in [-0.1, -0.05) is 48.5 Å². The van der Waals surface area contributed by atoms with Gasteiger partial charge in [-0.05, 0) is 84.1 Å². The van der Waals surface area contributed by atoms with Gasteiger partial charge in [0.1, 0.15) is 11.4 Å². The van der Waals surface area contributed by atoms with Crippen molar-refractivity contribution in [3.63, 3.8) is 0 Å². The summed E-state index contributed by atoms with van der Waals surface area (Å²) in [5.74, 6) is 0.256. The third-order valence-electron chi connectivity index (χ3n) is 4.64. The molecule has 0 bridgehead atoms. The Balaban J connectivity index is 1.76. The second kappa shape index (κ2) is 11.0. The molecule has 0 saturated heterocycles. The van der Waals surface area contributed by atoms with Gasteiger partial charge in [0.05, 0.1) is 6.21 Å². The molecule has 172 valence electrons. The lowest BCUT2D eigenvalue weighted by Crippen LogP contribution is -2.43. The third-order valence-corrected chi connectivity index (χ3v) is 4.64. The lowest BCUT2D eigenvalue weighted by Gasteiger charge is -2.29. The molecule has 0 radical (unpaired) electrons. The van der Waals surface area contributed by atoms with E-state index in [1.54, 1.807) is 20.1 Å². The van der Waals surface area contributed by atoms with E-state index in [2.05, 4.69) is 36.2 Å². The lowest BCUT2D eigenvalue weighted by atomic mass is 10.1. The molecular weight excluding hydrogens is 400 g/mol. The van der Waals surface area contributed by atoms with E-state index in [4.69, 9.17) is 9.47 Å². The Hall–Kier alpha value is -3.08. The number of carbonyl (C=O) groups is 1. The molecule has 0 heterocycles. The van der Waals surface area contributed by atoms with Gasteiger partial charge in [0.2, 0.25) is 0 Å². The van der Waals surface area contributed by atoms with E-state index in [-0.39, 0.29) is 5.97 Å². The molecule has 2 aromatic rings. The molecule has 0 aliphatic rings. The van der Waals surface area contributed by atoms with Crippen LogP contribution in [0.2, 0.25) is 0 Å². The number of esters is 1. The molecule has 5 nitrogen and oxygen atoms in total. The summed E-state index contributed by atoms with van der Waals surface area (Å²) in [6, 6.07) is 16.0. The fraction of sp³-hybridized carbons (Fsp3) is 0.407. The van der Waals surface area contributed by atoms with Crippen molar-refractivity contribution in [2.75, 3.05) is 0 Å². The first-order valence-electron chi connectivity index (χ1n) is 11.0. The van der Waals surface area contributed by atoms with E-state index in [1.807, 2.05) is 57.2 Å². The molecule has 0 unspecified atom stereocenters. The maximum atomic E-state index is 12.4. The standard InChI is InChI=1S/C27H36N2O3/c1-20-11-13-23(14-12-20)19-28-29-21(2)9-8-10-22-15-17-24(18-16-22)31-27(6,7)25(30)32-26(3,4)5/h11-19,29H,2,8-10H2,1,3-7H3/b28-19+. The molecule has 32 heavy (non-hydrogen) atoms. The van der Waals surface area contributed by atoms with Crippen LogP contribution in [-0.4, -0.2) is 23.4 Å². The highest BCUT2D eigenvalue weighted by Gasteiger charge is 2.34. The van der Waals surface area contributed by atoms with Crippen LogP contribution in [0, 0.1) is 6.92 Å². The Bertz CT molecular complexity index is 921. The van der Waals surface area contributed by atoms with Crippen molar-refractivity contribution in [3.05, 3.63) is 77.5 Å². The summed E-state index contributed by atoms with van der Waals surface area (Å²) in [5.41, 5.74) is 5.75. The van der Waals surface area contributed by atoms with Crippen LogP contribution in [0.3, 0.4) is 0 Å². The van der Waals surface area contributed by atoms with E-state index in [0.717, 1.165) is 30.5 Å². The summed E-state index contributed by atoms with van der Waals surface area (Å²) < 4.78 is 11.3. The number of allylic oxidation sites excluding steroid dienone is 1. The Morgan fingerprint density at radius 3 is 2.25 bits per heavy atom. The van der Waals surface area contributed by atoms with Crippen molar-refractivity contribution in [3.8, 4) is 5.75 Å². The van der Waals surface area contributed by atoms with E-state index in [0.29, 0.717) is 5.75 Å². The van der Waals surface area contributed by atoms with E-state index in [9.17, 15) is 4.79 Å². The average molecular weight is 437 g/mol. The van der Waals surface area contributed by atoms with Crippen molar-refractivity contribution in [1.82, 2.24) is 5.43 Å². The van der Waals surface area contributed by atoms with Crippen LogP contribution in [0.25, 0.3) is 0 Å². The number of nitrogens with zero attached hydrogens (tertiary/aromatic N) is 1. The first kappa shape index (κ1) is 25.2. The second-order valence-corrected chi connectivity index (χ2v) is 9.50. The lowest BCUT2D eigenvalue weighted by molar-refractivity contribution is -0.170. The van der Waals surface area contributed by atoms with Crippen LogP contribution in [0.1, 0.15) is 64.2 Å². The van der Waals surface area contributed by atoms with Gasteiger partial charge in [-0.15, -0.1) is 0 Å². The molecule has 2 aromatic carbocycles. The average Bonchev–Trinajstić information content (AvgIpc) is 2.69. The summed E-state index contributed by atoms with van der Waals surface area (Å²) in [6.07, 6.45) is 4.49. The molecule has 5 heteroatoms. The van der Waals surface area contributed by atoms with Crippen LogP contribution in [0.5, 0.6) is 5.75 Å². The monoisotopic (exact) mass is 436 g/mol. The fourth-order valence-corrected chi connectivity index (χ4v) is 2.87. The van der Waals surface area contributed by atoms with Gasteiger partial charge in [0.15, 0.2) is 5.60 Å². The van der Waals surface area contributed by atoms with Crippen molar-refractivity contribution in [1.29, 1.82) is 0 Å². The summed E-state index contributed by atoms with van der Waals surface area (Å²) in [7, 11) is 0. The zero-order valence-electron chi connectivity index (χ0n) is 20.2. The Morgan fingerprint density at radius 2 is 1.66 bits per heavy atom. The topological polar surface area (TPSA) is 59.9 Å². The largest absolute Gasteiger partial charge is 0.476 e. The van der Waals surface area contributed by atoms with Crippen LogP contribution in [0.4, 0.5) is 0 Å². The smallest absolute Gasteiger partial charge is 0.350 e. The van der Waals surface area contributed by atoms with Crippen LogP contribution in [-0.2, 0) is 16.0 Å². The van der Waals surface area contributed by atoms with Gasteiger partial charge in [0.25, 0.3) is 0 Å². The van der Waals surface area contributed by atoms with Gasteiger partial charge in [-0.2, -0.15) is 5.10 Å². The minimum Gasteiger partial charge on any atom is -0.476 e. The zero-order chi connectivity index (χ0) is 23.8. The predicted octanol–water partition coefficient (Wildman–Crippen LogP) is 5.95. The first-order chi connectivity index (χ1) is 14.9. The van der Waals surface area contributed by atoms with Gasteiger partial charge >= 0.3 is 5.97 Å². The summed E-state index contributed by atoms with van der Waals surface area (Å²) in [5, 5.41) is 4.25. The number of hydrogen-bond acceptors (Lipinski definition) is 5. The molecule has 0 amide bonds. The number of aryl methyl sites for hydroxylation is 2. The number of benzene rings is 2. The second-order valence-electron chi connectivity index (χ2n) is 9.50. The molecule has 0 aliphatic carbocycles. The minimum absolute atomic E-state index is 0.384. The molecule has 0 fully saturated rings. The quantitative estimate of drug-likeness (QED) is 0.284. The summed E-state index contributed by atoms with van der Waals surface area (Å²) in [4.78, 5) is 12.4. The molecule has 1 N–H and O–H groups in total. The SMILES string of the molecule is C=C(CCCc1ccc(OC(C)(C)C(=O)OC(C)(C)C)cc1)N/N=C/c1ccc(C)cc1. The maximum absolute atomic E-state index is 12.4. The zero-order valence-corrected chi connectivity index (χ0v) is 20.2. The van der Waals surface area contributed by atoms with Gasteiger partial charge in [-0.25, -0.2) is 4.79 Å². The highest BCUT2D eigenvalue weighted by molar-refractivity contribution is 5.79. The van der Waals surface area contributed by atoms with E-state index >= 15 is 0 Å². The molecule has 0 aromatic heterocycles. The molecular formula is C27H36N2O3. The highest BCUT2D eigenvalue weighted by atomic mass is 16.6. The van der Waals surface area contributed by atoms with Gasteiger partial charge in [-0.3, -0.25) is 5.43 Å². The minimum atomic E-state index is -1.06. The van der Waals surface area contributed by atoms with E-state index in [1.165, 1.54) is 11.1 Å². The Labute approximate surface area is 192 Å². The summed E-state index contributed by atoms with van der Waals surface area (Å²) in [6.45, 7) is 15.1. The number of ether oxygens (including phenoxy) is 2. The van der Waals surface area contributed by atoms with Crippen molar-refractivity contribution in [2.24, 2.45) is 5.10 Å². The first-order valence-corrected chi connectivity index (χ1v) is 11.0. The van der Waals surface area contributed by atoms with Gasteiger partial charge in [0, 0.05) is 5.70 Å².